The van der Waals surface area contributed by atoms with E-state index in [-0.39, 0.29) is 6.04 Å². The van der Waals surface area contributed by atoms with Gasteiger partial charge in [-0.25, -0.2) is 4.79 Å². The third-order valence-corrected chi connectivity index (χ3v) is 5.52. The predicted molar refractivity (Wildman–Crippen MR) is 105 cm³/mol. The van der Waals surface area contributed by atoms with Crippen molar-refractivity contribution < 1.29 is 9.90 Å². The van der Waals surface area contributed by atoms with Crippen LogP contribution in [0.25, 0.3) is 0 Å². The zero-order valence-electron chi connectivity index (χ0n) is 14.9. The first-order valence-electron chi connectivity index (χ1n) is 9.07. The van der Waals surface area contributed by atoms with Gasteiger partial charge in [0.25, 0.3) is 0 Å². The number of hydrogen-bond donors (Lipinski definition) is 1. The van der Waals surface area contributed by atoms with Gasteiger partial charge in [-0.2, -0.15) is 0 Å². The van der Waals surface area contributed by atoms with Crippen molar-refractivity contribution in [3.05, 3.63) is 58.3 Å². The number of rotatable bonds is 5. The lowest BCUT2D eigenvalue weighted by Crippen LogP contribution is -2.37. The van der Waals surface area contributed by atoms with Crippen LogP contribution < -0.4 is 0 Å². The molecule has 3 nitrogen and oxygen atoms in total. The van der Waals surface area contributed by atoms with Crippen molar-refractivity contribution in [2.45, 2.75) is 52.0 Å². The first-order valence-corrected chi connectivity index (χ1v) is 9.48. The van der Waals surface area contributed by atoms with E-state index in [2.05, 4.69) is 43.0 Å². The smallest absolute Gasteiger partial charge is 0.333 e. The third kappa shape index (κ3) is 3.54. The number of aryl methyl sites for hydroxylation is 1. The van der Waals surface area contributed by atoms with E-state index in [1.54, 1.807) is 0 Å². The van der Waals surface area contributed by atoms with Crippen LogP contribution in [0.2, 0.25) is 0 Å². The summed E-state index contributed by atoms with van der Waals surface area (Å²) in [5.41, 5.74) is 4.92. The quantitative estimate of drug-likeness (QED) is 0.623. The number of fused-ring (bicyclic) bond motifs is 1. The van der Waals surface area contributed by atoms with E-state index in [9.17, 15) is 9.90 Å². The molecule has 0 amide bonds. The largest absolute Gasteiger partial charge is 0.478 e. The van der Waals surface area contributed by atoms with Crippen LogP contribution in [0.4, 0.5) is 0 Å². The van der Waals surface area contributed by atoms with Gasteiger partial charge in [-0.3, -0.25) is 0 Å². The lowest BCUT2D eigenvalue weighted by Gasteiger charge is -2.30. The number of carbonyl (C=O) groups is 1. The van der Waals surface area contributed by atoms with Crippen molar-refractivity contribution in [3.8, 4) is 0 Å². The molecule has 2 heterocycles. The Morgan fingerprint density at radius 3 is 2.88 bits per heavy atom. The molecule has 0 aromatic heterocycles. The van der Waals surface area contributed by atoms with Crippen LogP contribution in [0.3, 0.4) is 0 Å². The van der Waals surface area contributed by atoms with E-state index in [0.29, 0.717) is 12.0 Å². The molecule has 0 aliphatic carbocycles. The molecule has 0 bridgehead atoms. The van der Waals surface area contributed by atoms with Crippen molar-refractivity contribution >= 4 is 23.1 Å². The van der Waals surface area contributed by atoms with Gasteiger partial charge in [-0.15, -0.1) is 0 Å². The Hall–Kier alpha value is -1.94. The van der Waals surface area contributed by atoms with Gasteiger partial charge in [0.1, 0.15) is 0 Å². The van der Waals surface area contributed by atoms with Gasteiger partial charge in [0.2, 0.25) is 0 Å². The zero-order chi connectivity index (χ0) is 18.0. The van der Waals surface area contributed by atoms with Gasteiger partial charge >= 0.3 is 5.97 Å². The highest BCUT2D eigenvalue weighted by Gasteiger charge is 2.35. The van der Waals surface area contributed by atoms with Gasteiger partial charge in [0.15, 0.2) is 0 Å². The number of aliphatic carboxylic acids is 1. The van der Waals surface area contributed by atoms with Gasteiger partial charge in [-0.1, -0.05) is 49.8 Å². The summed E-state index contributed by atoms with van der Waals surface area (Å²) < 4.78 is 0. The summed E-state index contributed by atoms with van der Waals surface area (Å²) in [6.07, 6.45) is 6.74. The number of benzene rings is 1. The average Bonchev–Trinajstić information content (AvgIpc) is 2.76. The van der Waals surface area contributed by atoms with Crippen LogP contribution in [-0.2, 0) is 11.2 Å². The number of hydrogen-bond acceptors (Lipinski definition) is 3. The molecule has 2 aliphatic rings. The molecular weight excluding hydrogens is 330 g/mol. The van der Waals surface area contributed by atoms with Crippen LogP contribution in [-0.4, -0.2) is 33.4 Å². The molecule has 25 heavy (non-hydrogen) atoms. The summed E-state index contributed by atoms with van der Waals surface area (Å²) in [6, 6.07) is 8.48. The Balaban J connectivity index is 1.96. The highest BCUT2D eigenvalue weighted by atomic mass is 32.1. The van der Waals surface area contributed by atoms with E-state index in [4.69, 9.17) is 12.2 Å². The van der Waals surface area contributed by atoms with Crippen LogP contribution in [0.5, 0.6) is 0 Å². The number of allylic oxidation sites excluding steroid dienone is 1. The number of carboxylic acids is 1. The second-order valence-electron chi connectivity index (χ2n) is 6.92. The van der Waals surface area contributed by atoms with Crippen molar-refractivity contribution in [3.63, 3.8) is 0 Å². The van der Waals surface area contributed by atoms with Crippen LogP contribution in [0, 0.1) is 0 Å². The predicted octanol–water partition coefficient (Wildman–Crippen LogP) is 4.51. The Bertz CT molecular complexity index is 763. The summed E-state index contributed by atoms with van der Waals surface area (Å²) in [5.74, 6) is -0.803. The van der Waals surface area contributed by atoms with E-state index in [1.165, 1.54) is 5.56 Å². The van der Waals surface area contributed by atoms with Crippen molar-refractivity contribution in [1.82, 2.24) is 4.90 Å². The zero-order valence-corrected chi connectivity index (χ0v) is 15.7. The third-order valence-electron chi connectivity index (χ3n) is 5.06. The summed E-state index contributed by atoms with van der Waals surface area (Å²) in [5, 5.41) is 9.59. The van der Waals surface area contributed by atoms with Gasteiger partial charge < -0.3 is 10.0 Å². The maximum atomic E-state index is 11.7. The molecule has 1 aromatic carbocycles. The minimum absolute atomic E-state index is 0.00525. The fourth-order valence-corrected chi connectivity index (χ4v) is 4.32. The van der Waals surface area contributed by atoms with E-state index >= 15 is 0 Å². The summed E-state index contributed by atoms with van der Waals surface area (Å²) in [6.45, 7) is 5.10. The molecule has 3 rings (SSSR count). The summed E-state index contributed by atoms with van der Waals surface area (Å²) in [4.78, 5) is 14.8. The lowest BCUT2D eigenvalue weighted by atomic mass is 9.97. The fourth-order valence-electron chi connectivity index (χ4n) is 3.88. The minimum Gasteiger partial charge on any atom is -0.478 e. The molecule has 4 heteroatoms. The Kier molecular flexibility index (Phi) is 5.38. The molecule has 1 N–H and O–H groups in total. The molecule has 0 fully saturated rings. The van der Waals surface area contributed by atoms with E-state index < -0.39 is 5.97 Å². The first-order chi connectivity index (χ1) is 12.0. The molecule has 1 unspecified atom stereocenters. The van der Waals surface area contributed by atoms with Crippen molar-refractivity contribution in [2.75, 3.05) is 6.54 Å². The molecule has 1 aromatic rings. The minimum atomic E-state index is -0.803. The van der Waals surface area contributed by atoms with Gasteiger partial charge in [0, 0.05) is 17.1 Å². The highest BCUT2D eigenvalue weighted by Crippen LogP contribution is 2.35. The second-order valence-corrected chi connectivity index (χ2v) is 7.36. The molecule has 2 aliphatic heterocycles. The maximum absolute atomic E-state index is 11.7. The molecule has 0 spiro atoms. The summed E-state index contributed by atoms with van der Waals surface area (Å²) in [7, 11) is 0. The highest BCUT2D eigenvalue weighted by molar-refractivity contribution is 7.81. The van der Waals surface area contributed by atoms with Crippen molar-refractivity contribution in [1.29, 1.82) is 0 Å². The lowest BCUT2D eigenvalue weighted by molar-refractivity contribution is -0.132. The Morgan fingerprint density at radius 2 is 2.16 bits per heavy atom. The monoisotopic (exact) mass is 355 g/mol. The van der Waals surface area contributed by atoms with Crippen molar-refractivity contribution in [2.24, 2.45) is 0 Å². The average molecular weight is 356 g/mol. The van der Waals surface area contributed by atoms with Crippen LogP contribution in [0.1, 0.15) is 50.7 Å². The van der Waals surface area contributed by atoms with E-state index in [1.807, 2.05) is 6.08 Å². The topological polar surface area (TPSA) is 40.5 Å². The molecule has 0 saturated carbocycles. The maximum Gasteiger partial charge on any atom is 0.333 e. The van der Waals surface area contributed by atoms with Gasteiger partial charge in [-0.05, 0) is 55.4 Å². The molecule has 0 radical (unpaired) electrons. The first kappa shape index (κ1) is 17.9. The second kappa shape index (κ2) is 7.52. The molecular formula is C21H25NO2S. The SMILES string of the molecule is CCCc1cccc(C(=S)C2C(C)=CC3=C(C(=O)O)CCCCN32)c1. The van der Waals surface area contributed by atoms with Crippen LogP contribution in [0.15, 0.2) is 47.2 Å². The number of nitrogens with zero attached hydrogens (tertiary/aromatic N) is 1. The molecule has 1 atom stereocenters. The Labute approximate surface area is 155 Å². The normalized spacial score (nSPS) is 20.2. The summed E-state index contributed by atoms with van der Waals surface area (Å²) >= 11 is 5.87. The number of thiocarbonyl (C=S) groups is 1. The van der Waals surface area contributed by atoms with E-state index in [0.717, 1.165) is 53.9 Å². The standard InChI is InChI=1S/C21H25NO2S/c1-3-7-15-8-6-9-16(13-15)20(25)19-14(2)12-18-17(21(23)24)10-4-5-11-22(18)19/h6,8-9,12-13,19H,3-5,7,10-11H2,1-2H3,(H,23,24). The molecule has 0 saturated heterocycles. The van der Waals surface area contributed by atoms with Gasteiger partial charge in [0.05, 0.1) is 11.6 Å². The Morgan fingerprint density at radius 1 is 1.36 bits per heavy atom. The molecule has 132 valence electrons. The van der Waals surface area contributed by atoms with Crippen LogP contribution >= 0.6 is 12.2 Å². The fraction of sp³-hybridized carbons (Fsp3) is 0.429. The number of carboxylic acid groups (broad SMARTS) is 1.